The molecule has 2 aromatic carbocycles. The Kier molecular flexibility index (Phi) is 6.43. The Balaban J connectivity index is 1.87. The van der Waals surface area contributed by atoms with Crippen LogP contribution in [0.5, 0.6) is 11.5 Å². The SMILES string of the molecule is CCOc1cc(/C=C2\SC(=O)N(Cc3ccccc3)C2=O)cc(I)c1OC. The Hall–Kier alpha value is -2.00. The summed E-state index contributed by atoms with van der Waals surface area (Å²) in [6.07, 6.45) is 1.72. The van der Waals surface area contributed by atoms with E-state index in [1.165, 1.54) is 4.90 Å². The van der Waals surface area contributed by atoms with E-state index < -0.39 is 0 Å². The Morgan fingerprint density at radius 1 is 1.19 bits per heavy atom. The third kappa shape index (κ3) is 4.47. The standard InChI is InChI=1S/C20H18INO4S/c1-3-26-16-10-14(9-15(21)18(16)25-2)11-17-19(23)22(20(24)27-17)12-13-7-5-4-6-8-13/h4-11H,3,12H2,1-2H3/b17-11-. The summed E-state index contributed by atoms with van der Waals surface area (Å²) in [5.41, 5.74) is 1.70. The first-order valence-electron chi connectivity index (χ1n) is 8.33. The minimum Gasteiger partial charge on any atom is -0.492 e. The Morgan fingerprint density at radius 2 is 1.93 bits per heavy atom. The zero-order valence-corrected chi connectivity index (χ0v) is 17.9. The van der Waals surface area contributed by atoms with Crippen LogP contribution in [0.15, 0.2) is 47.4 Å². The van der Waals surface area contributed by atoms with E-state index in [9.17, 15) is 9.59 Å². The van der Waals surface area contributed by atoms with Crippen LogP contribution in [0.3, 0.4) is 0 Å². The monoisotopic (exact) mass is 495 g/mol. The molecule has 3 rings (SSSR count). The molecule has 1 saturated heterocycles. The molecule has 0 aromatic heterocycles. The first-order valence-corrected chi connectivity index (χ1v) is 10.2. The fourth-order valence-electron chi connectivity index (χ4n) is 2.69. The Labute approximate surface area is 175 Å². The number of benzene rings is 2. The number of carbonyl (C=O) groups excluding carboxylic acids is 2. The minimum absolute atomic E-state index is 0.261. The molecule has 0 bridgehead atoms. The normalized spacial score (nSPS) is 15.5. The second-order valence-electron chi connectivity index (χ2n) is 5.72. The number of carbonyl (C=O) groups is 2. The predicted molar refractivity (Wildman–Crippen MR) is 115 cm³/mol. The molecule has 1 heterocycles. The summed E-state index contributed by atoms with van der Waals surface area (Å²) in [6.45, 7) is 2.67. The van der Waals surface area contributed by atoms with Crippen molar-refractivity contribution in [1.82, 2.24) is 4.90 Å². The number of hydrogen-bond acceptors (Lipinski definition) is 5. The van der Waals surface area contributed by atoms with Crippen LogP contribution in [0, 0.1) is 3.57 Å². The largest absolute Gasteiger partial charge is 0.492 e. The summed E-state index contributed by atoms with van der Waals surface area (Å²) >= 11 is 3.12. The van der Waals surface area contributed by atoms with Gasteiger partial charge in [-0.25, -0.2) is 0 Å². The molecular formula is C20H18INO4S. The molecule has 5 nitrogen and oxygen atoms in total. The van der Waals surface area contributed by atoms with Crippen LogP contribution in [0.25, 0.3) is 6.08 Å². The summed E-state index contributed by atoms with van der Waals surface area (Å²) < 4.78 is 11.9. The van der Waals surface area contributed by atoms with Crippen LogP contribution in [0.2, 0.25) is 0 Å². The lowest BCUT2D eigenvalue weighted by molar-refractivity contribution is -0.123. The first-order chi connectivity index (χ1) is 13.0. The summed E-state index contributed by atoms with van der Waals surface area (Å²) in [5, 5.41) is -0.261. The summed E-state index contributed by atoms with van der Waals surface area (Å²) in [4.78, 5) is 26.7. The van der Waals surface area contributed by atoms with E-state index in [2.05, 4.69) is 22.6 Å². The summed E-state index contributed by atoms with van der Waals surface area (Å²) in [5.74, 6) is 0.992. The van der Waals surface area contributed by atoms with E-state index in [1.54, 1.807) is 13.2 Å². The molecule has 2 aromatic rings. The van der Waals surface area contributed by atoms with E-state index in [0.717, 1.165) is 26.5 Å². The molecule has 27 heavy (non-hydrogen) atoms. The van der Waals surface area contributed by atoms with Crippen molar-refractivity contribution in [1.29, 1.82) is 0 Å². The van der Waals surface area contributed by atoms with E-state index >= 15 is 0 Å². The third-order valence-electron chi connectivity index (χ3n) is 3.89. The fraction of sp³-hybridized carbons (Fsp3) is 0.200. The van der Waals surface area contributed by atoms with Crippen molar-refractivity contribution in [2.75, 3.05) is 13.7 Å². The predicted octanol–water partition coefficient (Wildman–Crippen LogP) is 4.94. The van der Waals surface area contributed by atoms with E-state index in [-0.39, 0.29) is 17.7 Å². The highest BCUT2D eigenvalue weighted by molar-refractivity contribution is 14.1. The number of imide groups is 1. The lowest BCUT2D eigenvalue weighted by atomic mass is 10.1. The van der Waals surface area contributed by atoms with Crippen molar-refractivity contribution < 1.29 is 19.1 Å². The van der Waals surface area contributed by atoms with Crippen LogP contribution in [-0.2, 0) is 11.3 Å². The maximum Gasteiger partial charge on any atom is 0.293 e. The van der Waals surface area contributed by atoms with Crippen molar-refractivity contribution in [3.05, 3.63) is 62.1 Å². The van der Waals surface area contributed by atoms with Crippen molar-refractivity contribution in [2.45, 2.75) is 13.5 Å². The maximum atomic E-state index is 12.7. The van der Waals surface area contributed by atoms with Crippen molar-refractivity contribution >= 4 is 51.6 Å². The minimum atomic E-state index is -0.280. The van der Waals surface area contributed by atoms with Gasteiger partial charge < -0.3 is 9.47 Å². The highest BCUT2D eigenvalue weighted by atomic mass is 127. The van der Waals surface area contributed by atoms with Gasteiger partial charge in [-0.2, -0.15) is 0 Å². The van der Waals surface area contributed by atoms with Gasteiger partial charge in [0, 0.05) is 0 Å². The molecule has 7 heteroatoms. The first kappa shape index (κ1) is 19.8. The van der Waals surface area contributed by atoms with Gasteiger partial charge in [-0.1, -0.05) is 30.3 Å². The quantitative estimate of drug-likeness (QED) is 0.420. The van der Waals surface area contributed by atoms with Gasteiger partial charge in [0.15, 0.2) is 11.5 Å². The molecular weight excluding hydrogens is 477 g/mol. The Bertz CT molecular complexity index is 898. The number of hydrogen-bond donors (Lipinski definition) is 0. The van der Waals surface area contributed by atoms with Crippen molar-refractivity contribution in [3.63, 3.8) is 0 Å². The molecule has 0 saturated carbocycles. The van der Waals surface area contributed by atoms with Crippen LogP contribution in [0.1, 0.15) is 18.1 Å². The fourth-order valence-corrected chi connectivity index (χ4v) is 4.37. The maximum absolute atomic E-state index is 12.7. The van der Waals surface area contributed by atoms with E-state index in [0.29, 0.717) is 23.0 Å². The Morgan fingerprint density at radius 3 is 2.59 bits per heavy atom. The second kappa shape index (κ2) is 8.79. The van der Waals surface area contributed by atoms with Gasteiger partial charge in [0.25, 0.3) is 11.1 Å². The number of thioether (sulfide) groups is 1. The van der Waals surface area contributed by atoms with Crippen LogP contribution < -0.4 is 9.47 Å². The molecule has 2 amide bonds. The molecule has 0 N–H and O–H groups in total. The van der Waals surface area contributed by atoms with Gasteiger partial charge in [-0.05, 0) is 70.6 Å². The average Bonchev–Trinajstić information content (AvgIpc) is 2.90. The average molecular weight is 495 g/mol. The lowest BCUT2D eigenvalue weighted by Crippen LogP contribution is -2.27. The van der Waals surface area contributed by atoms with E-state index in [1.807, 2.05) is 49.4 Å². The molecule has 1 aliphatic heterocycles. The van der Waals surface area contributed by atoms with Crippen LogP contribution >= 0.6 is 34.4 Å². The van der Waals surface area contributed by atoms with Gasteiger partial charge in [0.1, 0.15) is 0 Å². The number of methoxy groups -OCH3 is 1. The molecule has 0 radical (unpaired) electrons. The zero-order valence-electron chi connectivity index (χ0n) is 14.9. The molecule has 0 spiro atoms. The van der Waals surface area contributed by atoms with Gasteiger partial charge >= 0.3 is 0 Å². The topological polar surface area (TPSA) is 55.8 Å². The smallest absolute Gasteiger partial charge is 0.293 e. The highest BCUT2D eigenvalue weighted by Crippen LogP contribution is 2.37. The summed E-state index contributed by atoms with van der Waals surface area (Å²) in [6, 6.07) is 13.2. The van der Waals surface area contributed by atoms with Gasteiger partial charge in [-0.15, -0.1) is 0 Å². The molecule has 0 aliphatic carbocycles. The van der Waals surface area contributed by atoms with Crippen LogP contribution in [0.4, 0.5) is 4.79 Å². The molecule has 1 fully saturated rings. The number of amides is 2. The number of halogens is 1. The zero-order chi connectivity index (χ0) is 19.4. The van der Waals surface area contributed by atoms with E-state index in [4.69, 9.17) is 9.47 Å². The molecule has 140 valence electrons. The molecule has 0 atom stereocenters. The van der Waals surface area contributed by atoms with Crippen LogP contribution in [-0.4, -0.2) is 29.8 Å². The number of ether oxygens (including phenoxy) is 2. The molecule has 0 unspecified atom stereocenters. The van der Waals surface area contributed by atoms with Gasteiger partial charge in [-0.3, -0.25) is 14.5 Å². The number of nitrogens with zero attached hydrogens (tertiary/aromatic N) is 1. The lowest BCUT2D eigenvalue weighted by Gasteiger charge is -2.13. The highest BCUT2D eigenvalue weighted by Gasteiger charge is 2.35. The van der Waals surface area contributed by atoms with Crippen molar-refractivity contribution in [3.8, 4) is 11.5 Å². The number of rotatable bonds is 6. The molecule has 1 aliphatic rings. The van der Waals surface area contributed by atoms with Gasteiger partial charge in [0.2, 0.25) is 0 Å². The second-order valence-corrected chi connectivity index (χ2v) is 7.88. The van der Waals surface area contributed by atoms with Crippen molar-refractivity contribution in [2.24, 2.45) is 0 Å². The van der Waals surface area contributed by atoms with Gasteiger partial charge in [0.05, 0.1) is 28.7 Å². The summed E-state index contributed by atoms with van der Waals surface area (Å²) in [7, 11) is 1.59. The third-order valence-corrected chi connectivity index (χ3v) is 5.60.